The first-order chi connectivity index (χ1) is 16.0. The molecule has 0 unspecified atom stereocenters. The molecule has 2 aromatic carbocycles. The average molecular weight is 510 g/mol. The largest absolute Gasteiger partial charge is 0.491 e. The van der Waals surface area contributed by atoms with E-state index in [1.165, 1.54) is 30.3 Å². The molecule has 8 nitrogen and oxygen atoms in total. The van der Waals surface area contributed by atoms with E-state index in [2.05, 4.69) is 23.5 Å². The van der Waals surface area contributed by atoms with Gasteiger partial charge in [-0.2, -0.15) is 0 Å². The van der Waals surface area contributed by atoms with Crippen LogP contribution in [-0.4, -0.2) is 77.2 Å². The van der Waals surface area contributed by atoms with Crippen LogP contribution >= 0.6 is 11.6 Å². The molecule has 1 amide bonds. The number of amides is 1. The number of halogens is 1. The van der Waals surface area contributed by atoms with Gasteiger partial charge in [-0.05, 0) is 62.4 Å². The molecular weight excluding hydrogens is 478 g/mol. The van der Waals surface area contributed by atoms with Gasteiger partial charge in [0.05, 0.1) is 16.6 Å². The summed E-state index contributed by atoms with van der Waals surface area (Å²) >= 11 is 5.87. The Bertz CT molecular complexity index is 1110. The summed E-state index contributed by atoms with van der Waals surface area (Å²) in [6, 6.07) is 10.7. The zero-order valence-electron chi connectivity index (χ0n) is 20.1. The van der Waals surface area contributed by atoms with Crippen LogP contribution in [0.3, 0.4) is 0 Å². The second kappa shape index (κ2) is 10.9. The SMILES string of the molecule is CO[C@H]1CN(C)C(=O)c2cc(NS(=O)(=O)c3ccc(Cl)cc3)ccc2OC[C@@H](C)N(C)C[C@@H]1C. The second-order valence-electron chi connectivity index (χ2n) is 8.81. The number of nitrogens with one attached hydrogen (secondary N) is 1. The van der Waals surface area contributed by atoms with E-state index in [4.69, 9.17) is 21.1 Å². The number of anilines is 1. The summed E-state index contributed by atoms with van der Waals surface area (Å²) in [7, 11) is 1.52. The van der Waals surface area contributed by atoms with Crippen molar-refractivity contribution in [1.29, 1.82) is 0 Å². The molecule has 0 saturated carbocycles. The first kappa shape index (κ1) is 26.3. The van der Waals surface area contributed by atoms with Gasteiger partial charge in [-0.1, -0.05) is 18.5 Å². The van der Waals surface area contributed by atoms with Gasteiger partial charge >= 0.3 is 0 Å². The van der Waals surface area contributed by atoms with E-state index in [-0.39, 0.29) is 40.1 Å². The highest BCUT2D eigenvalue weighted by molar-refractivity contribution is 7.92. The number of hydrogen-bond donors (Lipinski definition) is 1. The van der Waals surface area contributed by atoms with E-state index in [0.717, 1.165) is 6.54 Å². The van der Waals surface area contributed by atoms with Gasteiger partial charge in [0, 0.05) is 44.0 Å². The summed E-state index contributed by atoms with van der Waals surface area (Å²) in [5.74, 6) is 0.302. The molecular formula is C24H32ClN3O5S. The second-order valence-corrected chi connectivity index (χ2v) is 10.9. The maximum Gasteiger partial charge on any atom is 0.261 e. The molecule has 0 aliphatic carbocycles. The minimum absolute atomic E-state index is 0.0677. The minimum Gasteiger partial charge on any atom is -0.491 e. The molecule has 0 bridgehead atoms. The van der Waals surface area contributed by atoms with Crippen molar-refractivity contribution in [3.63, 3.8) is 0 Å². The third-order valence-corrected chi connectivity index (χ3v) is 7.78. The summed E-state index contributed by atoms with van der Waals surface area (Å²) in [5.41, 5.74) is 0.532. The van der Waals surface area contributed by atoms with Crippen molar-refractivity contribution >= 4 is 33.2 Å². The van der Waals surface area contributed by atoms with E-state index >= 15 is 0 Å². The molecule has 3 rings (SSSR count). The van der Waals surface area contributed by atoms with Crippen LogP contribution < -0.4 is 9.46 Å². The van der Waals surface area contributed by atoms with Crippen molar-refractivity contribution in [3.05, 3.63) is 53.1 Å². The molecule has 0 fully saturated rings. The monoisotopic (exact) mass is 509 g/mol. The fraction of sp³-hybridized carbons (Fsp3) is 0.458. The molecule has 10 heteroatoms. The lowest BCUT2D eigenvalue weighted by atomic mass is 10.0. The number of likely N-dealkylation sites (N-methyl/N-ethyl adjacent to an activating group) is 2. The fourth-order valence-corrected chi connectivity index (χ4v) is 5.02. The maximum absolute atomic E-state index is 13.4. The fourth-order valence-electron chi connectivity index (χ4n) is 3.85. The molecule has 0 saturated heterocycles. The number of carbonyl (C=O) groups is 1. The first-order valence-electron chi connectivity index (χ1n) is 11.1. The van der Waals surface area contributed by atoms with Gasteiger partial charge in [0.25, 0.3) is 15.9 Å². The average Bonchev–Trinajstić information content (AvgIpc) is 2.80. The quantitative estimate of drug-likeness (QED) is 0.677. The molecule has 0 aromatic heterocycles. The van der Waals surface area contributed by atoms with Gasteiger partial charge in [0.1, 0.15) is 12.4 Å². The van der Waals surface area contributed by atoms with Gasteiger partial charge in [-0.15, -0.1) is 0 Å². The molecule has 0 spiro atoms. The Balaban J connectivity index is 1.95. The van der Waals surface area contributed by atoms with Gasteiger partial charge in [-0.3, -0.25) is 14.4 Å². The van der Waals surface area contributed by atoms with E-state index in [9.17, 15) is 13.2 Å². The van der Waals surface area contributed by atoms with Crippen LogP contribution in [-0.2, 0) is 14.8 Å². The minimum atomic E-state index is -3.86. The topological polar surface area (TPSA) is 88.2 Å². The van der Waals surface area contributed by atoms with E-state index in [1.807, 2.05) is 7.05 Å². The number of fused-ring (bicyclic) bond motifs is 1. The van der Waals surface area contributed by atoms with E-state index in [0.29, 0.717) is 23.9 Å². The Hall–Kier alpha value is -2.33. The first-order valence-corrected chi connectivity index (χ1v) is 12.9. The lowest BCUT2D eigenvalue weighted by Crippen LogP contribution is -2.45. The Morgan fingerprint density at radius 3 is 2.41 bits per heavy atom. The van der Waals surface area contributed by atoms with Gasteiger partial charge < -0.3 is 14.4 Å². The van der Waals surface area contributed by atoms with Crippen LogP contribution in [0.5, 0.6) is 5.75 Å². The molecule has 186 valence electrons. The molecule has 2 aromatic rings. The molecule has 1 N–H and O–H groups in total. The molecule has 0 radical (unpaired) electrons. The van der Waals surface area contributed by atoms with Crippen molar-refractivity contribution in [1.82, 2.24) is 9.80 Å². The third-order valence-electron chi connectivity index (χ3n) is 6.13. The predicted octanol–water partition coefficient (Wildman–Crippen LogP) is 3.58. The third kappa shape index (κ3) is 6.21. The smallest absolute Gasteiger partial charge is 0.261 e. The van der Waals surface area contributed by atoms with Crippen LogP contribution in [0.1, 0.15) is 24.2 Å². The van der Waals surface area contributed by atoms with E-state index in [1.54, 1.807) is 31.2 Å². The standard InChI is InChI=1S/C24H32ClN3O5S/c1-16-13-27(3)17(2)15-33-22-11-8-19(12-21(22)24(29)28(4)14-23(16)32-5)26-34(30,31)20-9-6-18(25)7-10-20/h6-12,16-17,23,26H,13-15H2,1-5H3/t16-,17+,23-/m0/s1. The Labute approximate surface area is 206 Å². The van der Waals surface area contributed by atoms with Crippen LogP contribution in [0, 0.1) is 5.92 Å². The lowest BCUT2D eigenvalue weighted by molar-refractivity contribution is 0.0150. The number of sulfonamides is 1. The molecule has 3 atom stereocenters. The number of benzene rings is 2. The number of nitrogens with zero attached hydrogens (tertiary/aromatic N) is 2. The summed E-state index contributed by atoms with van der Waals surface area (Å²) in [6.45, 7) is 5.71. The Kier molecular flexibility index (Phi) is 8.46. The van der Waals surface area contributed by atoms with Crippen LogP contribution in [0.25, 0.3) is 0 Å². The number of ether oxygens (including phenoxy) is 2. The van der Waals surface area contributed by atoms with Gasteiger partial charge in [0.2, 0.25) is 0 Å². The normalized spacial score (nSPS) is 22.8. The van der Waals surface area contributed by atoms with Crippen LogP contribution in [0.2, 0.25) is 5.02 Å². The van der Waals surface area contributed by atoms with Crippen LogP contribution in [0.15, 0.2) is 47.4 Å². The zero-order chi connectivity index (χ0) is 25.0. The lowest BCUT2D eigenvalue weighted by Gasteiger charge is -2.34. The highest BCUT2D eigenvalue weighted by Crippen LogP contribution is 2.27. The van der Waals surface area contributed by atoms with Crippen molar-refractivity contribution in [2.75, 3.05) is 45.6 Å². The summed E-state index contributed by atoms with van der Waals surface area (Å²) in [4.78, 5) is 17.2. The zero-order valence-corrected chi connectivity index (χ0v) is 21.7. The highest BCUT2D eigenvalue weighted by atomic mass is 35.5. The molecule has 1 aliphatic rings. The summed E-state index contributed by atoms with van der Waals surface area (Å²) < 4.78 is 39.9. The number of hydrogen-bond acceptors (Lipinski definition) is 6. The van der Waals surface area contributed by atoms with E-state index < -0.39 is 10.0 Å². The molecule has 34 heavy (non-hydrogen) atoms. The van der Waals surface area contributed by atoms with Gasteiger partial charge in [0.15, 0.2) is 0 Å². The summed E-state index contributed by atoms with van der Waals surface area (Å²) in [5, 5.41) is 0.438. The maximum atomic E-state index is 13.4. The Morgan fingerprint density at radius 1 is 1.09 bits per heavy atom. The molecule has 1 heterocycles. The number of rotatable bonds is 4. The highest BCUT2D eigenvalue weighted by Gasteiger charge is 2.27. The van der Waals surface area contributed by atoms with Crippen molar-refractivity contribution in [3.8, 4) is 5.75 Å². The predicted molar refractivity (Wildman–Crippen MR) is 133 cm³/mol. The van der Waals surface area contributed by atoms with Crippen molar-refractivity contribution in [2.45, 2.75) is 30.9 Å². The number of carbonyl (C=O) groups excluding carboxylic acids is 1. The van der Waals surface area contributed by atoms with Crippen LogP contribution in [0.4, 0.5) is 5.69 Å². The van der Waals surface area contributed by atoms with Crippen molar-refractivity contribution < 1.29 is 22.7 Å². The van der Waals surface area contributed by atoms with Crippen molar-refractivity contribution in [2.24, 2.45) is 5.92 Å². The van der Waals surface area contributed by atoms with Gasteiger partial charge in [-0.25, -0.2) is 8.42 Å². The summed E-state index contributed by atoms with van der Waals surface area (Å²) in [6.07, 6.45) is -0.154. The molecule has 1 aliphatic heterocycles. The number of methoxy groups -OCH3 is 1. The Morgan fingerprint density at radius 2 is 1.76 bits per heavy atom.